The molecule has 1 heterocycles. The number of methoxy groups -OCH3 is 1. The standard InChI is InChI=1S/C12H10IN3O3/c1-18-10-4-7(11(14)17)2-3-9(10)19-12-15-5-8(13)6-16-12/h2-6H,1H3,(H2,14,17). The van der Waals surface area contributed by atoms with E-state index in [1.807, 2.05) is 0 Å². The quantitative estimate of drug-likeness (QED) is 0.831. The zero-order valence-corrected chi connectivity index (χ0v) is 12.1. The highest BCUT2D eigenvalue weighted by Gasteiger charge is 2.10. The topological polar surface area (TPSA) is 87.3 Å². The molecule has 2 rings (SSSR count). The van der Waals surface area contributed by atoms with Crippen LogP contribution in [0.5, 0.6) is 17.5 Å². The predicted octanol–water partition coefficient (Wildman–Crippen LogP) is 1.98. The first-order valence-electron chi connectivity index (χ1n) is 5.23. The Bertz CT molecular complexity index is 602. The van der Waals surface area contributed by atoms with Crippen molar-refractivity contribution in [2.24, 2.45) is 5.73 Å². The molecule has 0 aliphatic carbocycles. The zero-order chi connectivity index (χ0) is 13.8. The van der Waals surface area contributed by atoms with Crippen molar-refractivity contribution in [3.8, 4) is 17.5 Å². The number of nitrogens with two attached hydrogens (primary N) is 1. The molecule has 2 N–H and O–H groups in total. The summed E-state index contributed by atoms with van der Waals surface area (Å²) in [5.74, 6) is 0.266. The number of carbonyl (C=O) groups is 1. The molecule has 2 aromatic rings. The van der Waals surface area contributed by atoms with E-state index in [-0.39, 0.29) is 6.01 Å². The van der Waals surface area contributed by atoms with Gasteiger partial charge in [0, 0.05) is 21.5 Å². The summed E-state index contributed by atoms with van der Waals surface area (Å²) in [7, 11) is 1.47. The van der Waals surface area contributed by atoms with Crippen LogP contribution < -0.4 is 15.2 Å². The van der Waals surface area contributed by atoms with Crippen LogP contribution in [0.25, 0.3) is 0 Å². The van der Waals surface area contributed by atoms with Crippen LogP contribution in [0.1, 0.15) is 10.4 Å². The minimum absolute atomic E-state index is 0.200. The molecule has 0 saturated heterocycles. The van der Waals surface area contributed by atoms with E-state index in [4.69, 9.17) is 15.2 Å². The van der Waals surface area contributed by atoms with Crippen LogP contribution in [0.3, 0.4) is 0 Å². The van der Waals surface area contributed by atoms with Crippen LogP contribution >= 0.6 is 22.6 Å². The Morgan fingerprint density at radius 3 is 2.53 bits per heavy atom. The normalized spacial score (nSPS) is 10.0. The molecule has 0 aliphatic heterocycles. The number of rotatable bonds is 4. The minimum atomic E-state index is -0.532. The summed E-state index contributed by atoms with van der Waals surface area (Å²) in [5.41, 5.74) is 5.54. The van der Waals surface area contributed by atoms with E-state index >= 15 is 0 Å². The van der Waals surface area contributed by atoms with Gasteiger partial charge in [0.05, 0.1) is 7.11 Å². The molecule has 1 aromatic carbocycles. The van der Waals surface area contributed by atoms with Gasteiger partial charge in [0.15, 0.2) is 11.5 Å². The molecule has 0 saturated carbocycles. The molecule has 0 aliphatic rings. The van der Waals surface area contributed by atoms with E-state index in [0.29, 0.717) is 17.1 Å². The Balaban J connectivity index is 2.29. The van der Waals surface area contributed by atoms with Gasteiger partial charge >= 0.3 is 6.01 Å². The Morgan fingerprint density at radius 1 is 1.26 bits per heavy atom. The number of halogens is 1. The monoisotopic (exact) mass is 371 g/mol. The van der Waals surface area contributed by atoms with Crippen LogP contribution in [0.15, 0.2) is 30.6 Å². The van der Waals surface area contributed by atoms with Gasteiger partial charge in [-0.05, 0) is 40.8 Å². The van der Waals surface area contributed by atoms with Crippen molar-refractivity contribution in [2.45, 2.75) is 0 Å². The van der Waals surface area contributed by atoms with Crippen LogP contribution in [-0.4, -0.2) is 23.0 Å². The van der Waals surface area contributed by atoms with E-state index in [9.17, 15) is 4.79 Å². The van der Waals surface area contributed by atoms with Gasteiger partial charge in [-0.3, -0.25) is 4.79 Å². The van der Waals surface area contributed by atoms with Gasteiger partial charge in [0.2, 0.25) is 5.91 Å². The molecule has 7 heteroatoms. The smallest absolute Gasteiger partial charge is 0.322 e. The highest BCUT2D eigenvalue weighted by molar-refractivity contribution is 14.1. The highest BCUT2D eigenvalue weighted by Crippen LogP contribution is 2.30. The first kappa shape index (κ1) is 13.5. The first-order valence-corrected chi connectivity index (χ1v) is 6.31. The number of aromatic nitrogens is 2. The molecule has 0 atom stereocenters. The van der Waals surface area contributed by atoms with Crippen molar-refractivity contribution < 1.29 is 14.3 Å². The third-order valence-electron chi connectivity index (χ3n) is 2.25. The molecule has 98 valence electrons. The molecule has 0 radical (unpaired) electrons. The zero-order valence-electron chi connectivity index (χ0n) is 9.96. The van der Waals surface area contributed by atoms with Gasteiger partial charge in [0.25, 0.3) is 0 Å². The average Bonchev–Trinajstić information content (AvgIpc) is 2.41. The second-order valence-electron chi connectivity index (χ2n) is 3.52. The number of carbonyl (C=O) groups excluding carboxylic acids is 1. The Labute approximate surface area is 123 Å². The number of amides is 1. The largest absolute Gasteiger partial charge is 0.493 e. The van der Waals surface area contributed by atoms with Crippen molar-refractivity contribution in [1.29, 1.82) is 0 Å². The van der Waals surface area contributed by atoms with E-state index in [0.717, 1.165) is 3.57 Å². The fraction of sp³-hybridized carbons (Fsp3) is 0.0833. The van der Waals surface area contributed by atoms with Crippen molar-refractivity contribution in [1.82, 2.24) is 9.97 Å². The lowest BCUT2D eigenvalue weighted by Crippen LogP contribution is -2.10. The fourth-order valence-corrected chi connectivity index (χ4v) is 1.64. The molecule has 1 aromatic heterocycles. The predicted molar refractivity (Wildman–Crippen MR) is 76.3 cm³/mol. The number of ether oxygens (including phenoxy) is 2. The van der Waals surface area contributed by atoms with Crippen molar-refractivity contribution >= 4 is 28.5 Å². The molecule has 0 fully saturated rings. The van der Waals surface area contributed by atoms with Crippen LogP contribution in [0.4, 0.5) is 0 Å². The molecule has 0 unspecified atom stereocenters. The lowest BCUT2D eigenvalue weighted by Gasteiger charge is -2.09. The summed E-state index contributed by atoms with van der Waals surface area (Å²) in [4.78, 5) is 19.1. The molecule has 1 amide bonds. The van der Waals surface area contributed by atoms with Gasteiger partial charge in [-0.2, -0.15) is 0 Å². The summed E-state index contributed by atoms with van der Waals surface area (Å²) in [6.45, 7) is 0. The second-order valence-corrected chi connectivity index (χ2v) is 4.76. The summed E-state index contributed by atoms with van der Waals surface area (Å²) in [5, 5.41) is 0. The van der Waals surface area contributed by atoms with E-state index in [1.165, 1.54) is 13.2 Å². The molecule has 19 heavy (non-hydrogen) atoms. The summed E-state index contributed by atoms with van der Waals surface area (Å²) >= 11 is 2.10. The second kappa shape index (κ2) is 5.83. The Kier molecular flexibility index (Phi) is 4.15. The first-order chi connectivity index (χ1) is 9.10. The van der Waals surface area contributed by atoms with Crippen molar-refractivity contribution in [2.75, 3.05) is 7.11 Å². The lowest BCUT2D eigenvalue weighted by atomic mass is 10.2. The molecule has 6 nitrogen and oxygen atoms in total. The molecule has 0 bridgehead atoms. The Hall–Kier alpha value is -1.90. The number of hydrogen-bond donors (Lipinski definition) is 1. The van der Waals surface area contributed by atoms with Crippen molar-refractivity contribution in [3.05, 3.63) is 39.7 Å². The Morgan fingerprint density at radius 2 is 1.95 bits per heavy atom. The van der Waals surface area contributed by atoms with Crippen LogP contribution in [-0.2, 0) is 0 Å². The van der Waals surface area contributed by atoms with E-state index in [1.54, 1.807) is 24.5 Å². The van der Waals surface area contributed by atoms with Gasteiger partial charge in [-0.15, -0.1) is 0 Å². The van der Waals surface area contributed by atoms with Gasteiger partial charge in [-0.25, -0.2) is 9.97 Å². The molecular weight excluding hydrogens is 361 g/mol. The lowest BCUT2D eigenvalue weighted by molar-refractivity contribution is 0.1000. The summed E-state index contributed by atoms with van der Waals surface area (Å²) in [6.07, 6.45) is 3.26. The maximum atomic E-state index is 11.1. The van der Waals surface area contributed by atoms with Gasteiger partial charge in [0.1, 0.15) is 0 Å². The van der Waals surface area contributed by atoms with Gasteiger partial charge < -0.3 is 15.2 Å². The number of primary amides is 1. The minimum Gasteiger partial charge on any atom is -0.493 e. The fourth-order valence-electron chi connectivity index (χ4n) is 1.36. The van der Waals surface area contributed by atoms with E-state index in [2.05, 4.69) is 32.6 Å². The van der Waals surface area contributed by atoms with Crippen LogP contribution in [0.2, 0.25) is 0 Å². The average molecular weight is 371 g/mol. The maximum Gasteiger partial charge on any atom is 0.322 e. The number of nitrogens with zero attached hydrogens (tertiary/aromatic N) is 2. The number of benzene rings is 1. The SMILES string of the molecule is COc1cc(C(N)=O)ccc1Oc1ncc(I)cn1. The third-order valence-corrected chi connectivity index (χ3v) is 2.80. The van der Waals surface area contributed by atoms with Crippen LogP contribution in [0, 0.1) is 3.57 Å². The van der Waals surface area contributed by atoms with E-state index < -0.39 is 5.91 Å². The summed E-state index contributed by atoms with van der Waals surface area (Å²) in [6, 6.07) is 4.84. The van der Waals surface area contributed by atoms with Crippen molar-refractivity contribution in [3.63, 3.8) is 0 Å². The third kappa shape index (κ3) is 3.31. The molecular formula is C12H10IN3O3. The number of hydrogen-bond acceptors (Lipinski definition) is 5. The van der Waals surface area contributed by atoms with Gasteiger partial charge in [-0.1, -0.05) is 0 Å². The maximum absolute atomic E-state index is 11.1. The molecule has 0 spiro atoms. The highest BCUT2D eigenvalue weighted by atomic mass is 127. The summed E-state index contributed by atoms with van der Waals surface area (Å²) < 4.78 is 11.5.